The number of hydrogen-bond donors (Lipinski definition) is 1. The monoisotopic (exact) mass is 236 g/mol. The summed E-state index contributed by atoms with van der Waals surface area (Å²) in [6, 6.07) is 7.63. The van der Waals surface area contributed by atoms with Crippen LogP contribution in [0.3, 0.4) is 0 Å². The summed E-state index contributed by atoms with van der Waals surface area (Å²) < 4.78 is 13.6. The molecule has 1 aromatic carbocycles. The number of nitrogens with zero attached hydrogens (tertiary/aromatic N) is 1. The van der Waals surface area contributed by atoms with E-state index in [4.69, 9.17) is 0 Å². The molecule has 1 aliphatic heterocycles. The first kappa shape index (κ1) is 12.5. The topological polar surface area (TPSA) is 15.3 Å². The molecule has 3 heteroatoms. The minimum atomic E-state index is -0.0882. The summed E-state index contributed by atoms with van der Waals surface area (Å²) in [5.41, 5.74) is 0.805. The molecular formula is C14H21FN2. The Bertz CT molecular complexity index is 348. The van der Waals surface area contributed by atoms with Gasteiger partial charge in [-0.1, -0.05) is 25.1 Å². The van der Waals surface area contributed by atoms with Crippen LogP contribution in [-0.4, -0.2) is 30.6 Å². The minimum Gasteiger partial charge on any atom is -0.315 e. The second-order valence-electron chi connectivity index (χ2n) is 4.65. The van der Waals surface area contributed by atoms with Gasteiger partial charge in [0.2, 0.25) is 0 Å². The molecule has 0 aliphatic carbocycles. The Balaban J connectivity index is 2.01. The van der Waals surface area contributed by atoms with Crippen molar-refractivity contribution in [2.75, 3.05) is 19.6 Å². The maximum atomic E-state index is 13.6. The summed E-state index contributed by atoms with van der Waals surface area (Å²) in [4.78, 5) is 2.37. The number of halogens is 1. The Morgan fingerprint density at radius 1 is 1.41 bits per heavy atom. The highest BCUT2D eigenvalue weighted by atomic mass is 19.1. The Hall–Kier alpha value is -0.930. The van der Waals surface area contributed by atoms with Gasteiger partial charge in [-0.15, -0.1) is 0 Å². The van der Waals surface area contributed by atoms with Gasteiger partial charge in [0, 0.05) is 24.7 Å². The second kappa shape index (κ2) is 6.12. The fraction of sp³-hybridized carbons (Fsp3) is 0.571. The third-order valence-corrected chi connectivity index (χ3v) is 3.52. The maximum absolute atomic E-state index is 13.6. The van der Waals surface area contributed by atoms with Crippen LogP contribution in [0.15, 0.2) is 24.3 Å². The molecule has 17 heavy (non-hydrogen) atoms. The third-order valence-electron chi connectivity index (χ3n) is 3.52. The van der Waals surface area contributed by atoms with E-state index in [0.29, 0.717) is 6.04 Å². The van der Waals surface area contributed by atoms with Crippen LogP contribution in [0.4, 0.5) is 4.39 Å². The number of rotatable bonds is 4. The Morgan fingerprint density at radius 3 is 2.88 bits per heavy atom. The van der Waals surface area contributed by atoms with Gasteiger partial charge in [-0.25, -0.2) is 4.39 Å². The number of benzene rings is 1. The van der Waals surface area contributed by atoms with Crippen molar-refractivity contribution in [2.24, 2.45) is 0 Å². The highest BCUT2D eigenvalue weighted by Crippen LogP contribution is 2.15. The Morgan fingerprint density at radius 2 is 2.24 bits per heavy atom. The van der Waals surface area contributed by atoms with Crippen LogP contribution in [0.1, 0.15) is 25.3 Å². The van der Waals surface area contributed by atoms with Crippen LogP contribution in [0.25, 0.3) is 0 Å². The molecule has 2 rings (SSSR count). The van der Waals surface area contributed by atoms with Gasteiger partial charge in [0.05, 0.1) is 0 Å². The molecule has 1 aromatic rings. The molecular weight excluding hydrogens is 215 g/mol. The molecule has 1 N–H and O–H groups in total. The standard InChI is InChI=1S/C14H21FN2/c1-2-17(13-7-5-9-16-10-13)11-12-6-3-4-8-14(12)15/h3-4,6,8,13,16H,2,5,7,9-11H2,1H3. The quantitative estimate of drug-likeness (QED) is 0.863. The molecule has 1 atom stereocenters. The maximum Gasteiger partial charge on any atom is 0.127 e. The first-order valence-corrected chi connectivity index (χ1v) is 6.49. The van der Waals surface area contributed by atoms with Gasteiger partial charge in [-0.3, -0.25) is 4.90 Å². The van der Waals surface area contributed by atoms with E-state index < -0.39 is 0 Å². The molecule has 0 aromatic heterocycles. The fourth-order valence-electron chi connectivity index (χ4n) is 2.49. The van der Waals surface area contributed by atoms with Crippen LogP contribution in [0.2, 0.25) is 0 Å². The second-order valence-corrected chi connectivity index (χ2v) is 4.65. The van der Waals surface area contributed by atoms with E-state index in [-0.39, 0.29) is 5.82 Å². The lowest BCUT2D eigenvalue weighted by Crippen LogP contribution is -2.45. The average molecular weight is 236 g/mol. The lowest BCUT2D eigenvalue weighted by Gasteiger charge is -2.34. The minimum absolute atomic E-state index is 0.0882. The fourth-order valence-corrected chi connectivity index (χ4v) is 2.49. The Kier molecular flexibility index (Phi) is 4.51. The van der Waals surface area contributed by atoms with E-state index in [9.17, 15) is 4.39 Å². The van der Waals surface area contributed by atoms with Gasteiger partial charge in [-0.2, -0.15) is 0 Å². The summed E-state index contributed by atoms with van der Waals surface area (Å²) in [6.07, 6.45) is 2.44. The van der Waals surface area contributed by atoms with E-state index in [1.54, 1.807) is 12.1 Å². The van der Waals surface area contributed by atoms with Crippen molar-refractivity contribution in [1.29, 1.82) is 0 Å². The predicted molar refractivity (Wildman–Crippen MR) is 68.4 cm³/mol. The largest absolute Gasteiger partial charge is 0.315 e. The van der Waals surface area contributed by atoms with Crippen LogP contribution in [-0.2, 0) is 6.54 Å². The molecule has 1 fully saturated rings. The van der Waals surface area contributed by atoms with Gasteiger partial charge in [0.25, 0.3) is 0 Å². The zero-order chi connectivity index (χ0) is 12.1. The van der Waals surface area contributed by atoms with Crippen LogP contribution in [0.5, 0.6) is 0 Å². The lowest BCUT2D eigenvalue weighted by atomic mass is 10.0. The van der Waals surface area contributed by atoms with Crippen molar-refractivity contribution in [3.63, 3.8) is 0 Å². The molecule has 1 heterocycles. The van der Waals surface area contributed by atoms with Gasteiger partial charge < -0.3 is 5.32 Å². The molecule has 0 radical (unpaired) electrons. The average Bonchev–Trinajstić information content (AvgIpc) is 2.39. The molecule has 0 saturated carbocycles. The number of piperidine rings is 1. The van der Waals surface area contributed by atoms with E-state index >= 15 is 0 Å². The summed E-state index contributed by atoms with van der Waals surface area (Å²) in [5, 5.41) is 3.41. The first-order valence-electron chi connectivity index (χ1n) is 6.49. The summed E-state index contributed by atoms with van der Waals surface area (Å²) in [7, 11) is 0. The van der Waals surface area contributed by atoms with Gasteiger partial charge in [0.1, 0.15) is 5.82 Å². The summed E-state index contributed by atoms with van der Waals surface area (Å²) in [5.74, 6) is -0.0882. The molecule has 1 unspecified atom stereocenters. The molecule has 0 bridgehead atoms. The van der Waals surface area contributed by atoms with Crippen LogP contribution < -0.4 is 5.32 Å². The normalized spacial score (nSPS) is 20.8. The Labute approximate surface area is 103 Å². The van der Waals surface area contributed by atoms with Gasteiger partial charge >= 0.3 is 0 Å². The van der Waals surface area contributed by atoms with Crippen molar-refractivity contribution in [3.8, 4) is 0 Å². The van der Waals surface area contributed by atoms with Crippen LogP contribution in [0, 0.1) is 5.82 Å². The zero-order valence-electron chi connectivity index (χ0n) is 10.5. The van der Waals surface area contributed by atoms with E-state index in [1.807, 2.05) is 12.1 Å². The predicted octanol–water partition coefficient (Wildman–Crippen LogP) is 2.40. The first-order chi connectivity index (χ1) is 8.31. The molecule has 0 amide bonds. The number of hydrogen-bond acceptors (Lipinski definition) is 2. The van der Waals surface area contributed by atoms with Gasteiger partial charge in [-0.05, 0) is 32.0 Å². The number of likely N-dealkylation sites (N-methyl/N-ethyl adjacent to an activating group) is 1. The van der Waals surface area contributed by atoms with Gasteiger partial charge in [0.15, 0.2) is 0 Å². The molecule has 2 nitrogen and oxygen atoms in total. The third kappa shape index (κ3) is 3.27. The van der Waals surface area contributed by atoms with Crippen molar-refractivity contribution in [2.45, 2.75) is 32.4 Å². The summed E-state index contributed by atoms with van der Waals surface area (Å²) in [6.45, 7) is 5.99. The SMILES string of the molecule is CCN(Cc1ccccc1F)C1CCCNC1. The van der Waals surface area contributed by atoms with Crippen LogP contribution >= 0.6 is 0 Å². The smallest absolute Gasteiger partial charge is 0.127 e. The van der Waals surface area contributed by atoms with E-state index in [0.717, 1.165) is 31.7 Å². The highest BCUT2D eigenvalue weighted by Gasteiger charge is 2.20. The van der Waals surface area contributed by atoms with Crippen molar-refractivity contribution >= 4 is 0 Å². The van der Waals surface area contributed by atoms with E-state index in [1.165, 1.54) is 12.8 Å². The summed E-state index contributed by atoms with van der Waals surface area (Å²) >= 11 is 0. The molecule has 1 aliphatic rings. The molecule has 94 valence electrons. The zero-order valence-corrected chi connectivity index (χ0v) is 10.5. The molecule has 1 saturated heterocycles. The van der Waals surface area contributed by atoms with E-state index in [2.05, 4.69) is 17.1 Å². The van der Waals surface area contributed by atoms with Crippen molar-refractivity contribution in [3.05, 3.63) is 35.6 Å². The highest BCUT2D eigenvalue weighted by molar-refractivity contribution is 5.17. The van der Waals surface area contributed by atoms with Crippen molar-refractivity contribution in [1.82, 2.24) is 10.2 Å². The lowest BCUT2D eigenvalue weighted by molar-refractivity contribution is 0.164. The molecule has 0 spiro atoms. The van der Waals surface area contributed by atoms with Crippen molar-refractivity contribution < 1.29 is 4.39 Å². The number of nitrogens with one attached hydrogen (secondary N) is 1.